The highest BCUT2D eigenvalue weighted by Gasteiger charge is 2.19. The Bertz CT molecular complexity index is 591. The molecular formula is C16H15Cl2NO. The third kappa shape index (κ3) is 3.33. The van der Waals surface area contributed by atoms with Crippen LogP contribution in [-0.2, 0) is 0 Å². The van der Waals surface area contributed by atoms with Gasteiger partial charge in [-0.1, -0.05) is 23.7 Å². The molecule has 0 heterocycles. The molecular weight excluding hydrogens is 293 g/mol. The molecule has 1 atom stereocenters. The first-order valence-electron chi connectivity index (χ1n) is 6.20. The Balaban J connectivity index is 2.20. The van der Waals surface area contributed by atoms with E-state index in [2.05, 4.69) is 0 Å². The molecule has 20 heavy (non-hydrogen) atoms. The molecule has 0 saturated heterocycles. The van der Waals surface area contributed by atoms with Crippen molar-refractivity contribution in [1.29, 1.82) is 0 Å². The summed E-state index contributed by atoms with van der Waals surface area (Å²) in [6.45, 7) is 0. The number of hydrogen-bond acceptors (Lipinski definition) is 2. The van der Waals surface area contributed by atoms with Gasteiger partial charge in [-0.05, 0) is 42.0 Å². The molecule has 2 rings (SSSR count). The van der Waals surface area contributed by atoms with E-state index >= 15 is 0 Å². The number of carbonyl (C=O) groups excluding carboxylic acids is 1. The molecule has 0 N–H and O–H groups in total. The number of benzene rings is 2. The second kappa shape index (κ2) is 6.29. The summed E-state index contributed by atoms with van der Waals surface area (Å²) in [6.07, 6.45) is 0. The molecule has 0 bridgehead atoms. The van der Waals surface area contributed by atoms with Crippen LogP contribution in [0.2, 0.25) is 5.02 Å². The van der Waals surface area contributed by atoms with Gasteiger partial charge in [0, 0.05) is 30.4 Å². The zero-order valence-electron chi connectivity index (χ0n) is 11.3. The van der Waals surface area contributed by atoms with Crippen molar-refractivity contribution in [3.05, 3.63) is 64.7 Å². The van der Waals surface area contributed by atoms with E-state index in [-0.39, 0.29) is 5.78 Å². The molecule has 0 fully saturated rings. The maximum atomic E-state index is 12.3. The van der Waals surface area contributed by atoms with Gasteiger partial charge in [0.25, 0.3) is 0 Å². The number of hydrogen-bond donors (Lipinski definition) is 0. The Labute approximate surface area is 128 Å². The fraction of sp³-hybridized carbons (Fsp3) is 0.188. The fourth-order valence-corrected chi connectivity index (χ4v) is 2.25. The van der Waals surface area contributed by atoms with Crippen molar-refractivity contribution >= 4 is 34.7 Å². The second-order valence-corrected chi connectivity index (χ2v) is 5.59. The number of rotatable bonds is 4. The van der Waals surface area contributed by atoms with Crippen molar-refractivity contribution in [2.45, 2.75) is 5.38 Å². The number of nitrogens with zero attached hydrogens (tertiary/aromatic N) is 1. The summed E-state index contributed by atoms with van der Waals surface area (Å²) in [5.74, 6) is -0.112. The minimum absolute atomic E-state index is 0.112. The lowest BCUT2D eigenvalue weighted by Gasteiger charge is -2.13. The quantitative estimate of drug-likeness (QED) is 0.609. The Kier molecular flexibility index (Phi) is 4.69. The third-order valence-electron chi connectivity index (χ3n) is 3.06. The zero-order chi connectivity index (χ0) is 14.7. The maximum Gasteiger partial charge on any atom is 0.185 e. The number of ketones is 1. The van der Waals surface area contributed by atoms with Gasteiger partial charge in [0.05, 0.1) is 0 Å². The van der Waals surface area contributed by atoms with Crippen LogP contribution in [0.1, 0.15) is 21.3 Å². The smallest absolute Gasteiger partial charge is 0.185 e. The molecule has 0 aliphatic heterocycles. The highest BCUT2D eigenvalue weighted by molar-refractivity contribution is 6.34. The first-order valence-corrected chi connectivity index (χ1v) is 7.01. The minimum Gasteiger partial charge on any atom is -0.378 e. The van der Waals surface area contributed by atoms with Crippen LogP contribution in [-0.4, -0.2) is 19.9 Å². The number of carbonyl (C=O) groups is 1. The molecule has 0 aromatic heterocycles. The standard InChI is InChI=1S/C16H15Cl2NO/c1-19(2)14-9-5-12(6-10-14)16(20)15(18)11-3-7-13(17)8-4-11/h3-10,15H,1-2H3. The topological polar surface area (TPSA) is 20.3 Å². The zero-order valence-corrected chi connectivity index (χ0v) is 12.8. The highest BCUT2D eigenvalue weighted by Crippen LogP contribution is 2.27. The number of anilines is 1. The van der Waals surface area contributed by atoms with Crippen molar-refractivity contribution in [1.82, 2.24) is 0 Å². The van der Waals surface area contributed by atoms with E-state index in [1.54, 1.807) is 36.4 Å². The number of alkyl halides is 1. The van der Waals surface area contributed by atoms with Gasteiger partial charge >= 0.3 is 0 Å². The monoisotopic (exact) mass is 307 g/mol. The number of Topliss-reactive ketones (excluding diaryl/α,β-unsaturated/α-hetero) is 1. The van der Waals surface area contributed by atoms with E-state index < -0.39 is 5.38 Å². The molecule has 104 valence electrons. The highest BCUT2D eigenvalue weighted by atomic mass is 35.5. The average molecular weight is 308 g/mol. The summed E-state index contributed by atoms with van der Waals surface area (Å²) in [6, 6.07) is 14.4. The third-order valence-corrected chi connectivity index (χ3v) is 3.76. The maximum absolute atomic E-state index is 12.3. The molecule has 2 nitrogen and oxygen atoms in total. The fourth-order valence-electron chi connectivity index (χ4n) is 1.85. The van der Waals surface area contributed by atoms with Crippen LogP contribution in [0.3, 0.4) is 0 Å². The molecule has 4 heteroatoms. The van der Waals surface area contributed by atoms with Crippen molar-refractivity contribution < 1.29 is 4.79 Å². The average Bonchev–Trinajstić information content (AvgIpc) is 2.46. The molecule has 0 amide bonds. The molecule has 0 aliphatic rings. The Morgan fingerprint density at radius 1 is 1.00 bits per heavy atom. The lowest BCUT2D eigenvalue weighted by molar-refractivity contribution is 0.0987. The predicted octanol–water partition coefficient (Wildman–Crippen LogP) is 4.57. The summed E-state index contributed by atoms with van der Waals surface area (Å²) in [5, 5.41) is -0.0714. The largest absolute Gasteiger partial charge is 0.378 e. The summed E-state index contributed by atoms with van der Waals surface area (Å²) in [5.41, 5.74) is 2.39. The lowest BCUT2D eigenvalue weighted by Crippen LogP contribution is -2.10. The van der Waals surface area contributed by atoms with Crippen LogP contribution in [0.4, 0.5) is 5.69 Å². The van der Waals surface area contributed by atoms with Gasteiger partial charge in [0.1, 0.15) is 5.38 Å². The Morgan fingerprint density at radius 3 is 2.05 bits per heavy atom. The summed E-state index contributed by atoms with van der Waals surface area (Å²) in [7, 11) is 3.91. The van der Waals surface area contributed by atoms with Crippen LogP contribution in [0.5, 0.6) is 0 Å². The lowest BCUT2D eigenvalue weighted by atomic mass is 10.0. The SMILES string of the molecule is CN(C)c1ccc(C(=O)C(Cl)c2ccc(Cl)cc2)cc1. The van der Waals surface area contributed by atoms with Gasteiger partial charge in [-0.3, -0.25) is 4.79 Å². The van der Waals surface area contributed by atoms with Gasteiger partial charge in [-0.15, -0.1) is 11.6 Å². The first kappa shape index (κ1) is 14.9. The van der Waals surface area contributed by atoms with Crippen molar-refractivity contribution in [3.63, 3.8) is 0 Å². The van der Waals surface area contributed by atoms with Crippen molar-refractivity contribution in [2.75, 3.05) is 19.0 Å². The molecule has 0 saturated carbocycles. The van der Waals surface area contributed by atoms with Gasteiger partial charge < -0.3 is 4.90 Å². The Hall–Kier alpha value is -1.51. The van der Waals surface area contributed by atoms with E-state index in [4.69, 9.17) is 23.2 Å². The van der Waals surface area contributed by atoms with E-state index in [0.717, 1.165) is 11.3 Å². The molecule has 0 radical (unpaired) electrons. The van der Waals surface area contributed by atoms with Gasteiger partial charge in [0.15, 0.2) is 5.78 Å². The van der Waals surface area contributed by atoms with Crippen LogP contribution < -0.4 is 4.90 Å². The molecule has 2 aromatic carbocycles. The molecule has 1 unspecified atom stereocenters. The van der Waals surface area contributed by atoms with Crippen LogP contribution in [0.25, 0.3) is 0 Å². The van der Waals surface area contributed by atoms with E-state index in [9.17, 15) is 4.79 Å². The van der Waals surface area contributed by atoms with Gasteiger partial charge in [0.2, 0.25) is 0 Å². The van der Waals surface area contributed by atoms with Gasteiger partial charge in [-0.25, -0.2) is 0 Å². The van der Waals surface area contributed by atoms with E-state index in [0.29, 0.717) is 10.6 Å². The molecule has 2 aromatic rings. The second-order valence-electron chi connectivity index (χ2n) is 4.72. The van der Waals surface area contributed by atoms with E-state index in [1.807, 2.05) is 31.1 Å². The number of halogens is 2. The summed E-state index contributed by atoms with van der Waals surface area (Å²) in [4.78, 5) is 14.3. The van der Waals surface area contributed by atoms with Crippen LogP contribution in [0.15, 0.2) is 48.5 Å². The Morgan fingerprint density at radius 2 is 1.55 bits per heavy atom. The van der Waals surface area contributed by atoms with Crippen LogP contribution in [0, 0.1) is 0 Å². The normalized spacial score (nSPS) is 12.0. The molecule has 0 aliphatic carbocycles. The first-order chi connectivity index (χ1) is 9.49. The van der Waals surface area contributed by atoms with Gasteiger partial charge in [-0.2, -0.15) is 0 Å². The summed E-state index contributed by atoms with van der Waals surface area (Å²) >= 11 is 12.1. The molecule has 0 spiro atoms. The van der Waals surface area contributed by atoms with Crippen molar-refractivity contribution in [2.24, 2.45) is 0 Å². The van der Waals surface area contributed by atoms with Crippen LogP contribution >= 0.6 is 23.2 Å². The predicted molar refractivity (Wildman–Crippen MR) is 85.1 cm³/mol. The van der Waals surface area contributed by atoms with Crippen molar-refractivity contribution in [3.8, 4) is 0 Å². The minimum atomic E-state index is -0.697. The summed E-state index contributed by atoms with van der Waals surface area (Å²) < 4.78 is 0. The van der Waals surface area contributed by atoms with E-state index in [1.165, 1.54) is 0 Å².